The third-order valence-corrected chi connectivity index (χ3v) is 0.133. The summed E-state index contributed by atoms with van der Waals surface area (Å²) in [5.41, 5.74) is 0. The molecule has 0 saturated carbocycles. The highest BCUT2D eigenvalue weighted by Crippen LogP contribution is 1.65. The molecule has 4 heteroatoms. The van der Waals surface area contributed by atoms with Crippen molar-refractivity contribution in [1.29, 1.82) is 5.26 Å². The second kappa shape index (κ2) is 9.09. The molecular weight excluding hydrogens is 110 g/mol. The van der Waals surface area contributed by atoms with Crippen LogP contribution in [0.1, 0.15) is 0 Å². The Hall–Kier alpha value is -1.50. The van der Waals surface area contributed by atoms with Crippen molar-refractivity contribution < 1.29 is 14.6 Å². The molecule has 8 heavy (non-hydrogen) atoms. The third-order valence-electron chi connectivity index (χ3n) is 0.133. The molecule has 0 rings (SSSR count). The molecule has 44 valence electrons. The van der Waals surface area contributed by atoms with Crippen molar-refractivity contribution in [3.63, 3.8) is 0 Å². The van der Waals surface area contributed by atoms with E-state index in [0.717, 1.165) is 6.26 Å². The van der Waals surface area contributed by atoms with Crippen LogP contribution in [-0.2, 0) is 4.74 Å². The minimum absolute atomic E-state index is 0.968. The van der Waals surface area contributed by atoms with Gasteiger partial charge in [0.25, 0.3) is 6.26 Å². The van der Waals surface area contributed by atoms with Crippen molar-refractivity contribution in [3.05, 3.63) is 13.2 Å². The zero-order valence-electron chi connectivity index (χ0n) is 4.13. The molecule has 4 nitrogen and oxygen atoms in total. The molecule has 0 aromatic carbocycles. The van der Waals surface area contributed by atoms with Gasteiger partial charge in [0.2, 0.25) is 0 Å². The maximum atomic E-state index is 9.15. The van der Waals surface area contributed by atoms with Crippen molar-refractivity contribution in [2.75, 3.05) is 0 Å². The largest absolute Gasteiger partial charge is 0.521 e. The number of carboxylic acid groups (broad SMARTS) is 1. The summed E-state index contributed by atoms with van der Waals surface area (Å²) in [6.07, 6.45) is -0.604. The molecule has 0 aromatic heterocycles. The molecule has 0 amide bonds. The van der Waals surface area contributed by atoms with Crippen LogP contribution in [0.3, 0.4) is 0 Å². The van der Waals surface area contributed by atoms with Gasteiger partial charge in [-0.25, -0.2) is 4.79 Å². The Morgan fingerprint density at radius 3 is 2.12 bits per heavy atom. The van der Waals surface area contributed by atoms with Crippen LogP contribution < -0.4 is 0 Å². The van der Waals surface area contributed by atoms with Crippen LogP contribution in [0.2, 0.25) is 0 Å². The first-order chi connectivity index (χ1) is 3.77. The fourth-order valence-corrected chi connectivity index (χ4v) is 0.0390. The van der Waals surface area contributed by atoms with Gasteiger partial charge in [-0.15, -0.1) is 18.4 Å². The highest BCUT2D eigenvalue weighted by atomic mass is 16.7. The molecule has 0 saturated heterocycles. The number of rotatable bonds is 0. The molecule has 0 atom stereocenters. The van der Waals surface area contributed by atoms with E-state index in [-0.39, 0.29) is 0 Å². The van der Waals surface area contributed by atoms with E-state index in [2.05, 4.69) is 17.9 Å². The van der Waals surface area contributed by atoms with E-state index in [4.69, 9.17) is 15.2 Å². The van der Waals surface area contributed by atoms with Gasteiger partial charge in [-0.05, 0) is 0 Å². The Bertz CT molecular complexity index is 104. The Kier molecular flexibility index (Phi) is 11.0. The zero-order chi connectivity index (χ0) is 6.99. The highest BCUT2D eigenvalue weighted by molar-refractivity contribution is 5.57. The number of carbonyl (C=O) groups is 1. The molecule has 0 aliphatic heterocycles. The van der Waals surface area contributed by atoms with Crippen molar-refractivity contribution in [2.45, 2.75) is 0 Å². The summed E-state index contributed by atoms with van der Waals surface area (Å²) < 4.78 is 3.26. The topological polar surface area (TPSA) is 70.3 Å². The van der Waals surface area contributed by atoms with Gasteiger partial charge in [-0.2, -0.15) is 0 Å². The Morgan fingerprint density at radius 1 is 1.75 bits per heavy atom. The fourth-order valence-electron chi connectivity index (χ4n) is 0.0390. The zero-order valence-corrected chi connectivity index (χ0v) is 4.13. The lowest BCUT2D eigenvalue weighted by atomic mass is 11.3. The quantitative estimate of drug-likeness (QED) is 0.290. The van der Waals surface area contributed by atoms with Crippen LogP contribution in [0, 0.1) is 11.5 Å². The summed E-state index contributed by atoms with van der Waals surface area (Å²) in [6.45, 7) is 6.00. The normalized spacial score (nSPS) is 4.88. The first-order valence-electron chi connectivity index (χ1n) is 1.56. The van der Waals surface area contributed by atoms with Gasteiger partial charge in [-0.3, -0.25) is 0 Å². The lowest BCUT2D eigenvalue weighted by Crippen LogP contribution is -1.90. The second-order valence-electron chi connectivity index (χ2n) is 0.459. The molecule has 1 N–H and O–H groups in total. The fraction of sp³-hybridized carbons (Fsp3) is 0. The molecule has 0 unspecified atom stereocenters. The van der Waals surface area contributed by atoms with Gasteiger partial charge in [0, 0.05) is 0 Å². The molecular formula is C4H5NO3. The third kappa shape index (κ3) is 24.5. The van der Waals surface area contributed by atoms with Crippen molar-refractivity contribution in [1.82, 2.24) is 0 Å². The van der Waals surface area contributed by atoms with Crippen LogP contribution in [0.25, 0.3) is 0 Å². The number of hydrogen-bond donors (Lipinski definition) is 1. The average molecular weight is 115 g/mol. The maximum absolute atomic E-state index is 9.15. The average Bonchev–Trinajstić information content (AvgIpc) is 1.72. The molecule has 0 aliphatic rings. The molecule has 0 spiro atoms. The molecule has 0 radical (unpaired) electrons. The van der Waals surface area contributed by atoms with Gasteiger partial charge in [0.1, 0.15) is 0 Å². The van der Waals surface area contributed by atoms with E-state index in [9.17, 15) is 0 Å². The Morgan fingerprint density at radius 2 is 2.12 bits per heavy atom. The minimum Gasteiger partial charge on any atom is -0.449 e. The minimum atomic E-state index is -1.57. The Labute approximate surface area is 46.6 Å². The lowest BCUT2D eigenvalue weighted by molar-refractivity contribution is 0.133. The van der Waals surface area contributed by atoms with Crippen molar-refractivity contribution in [2.24, 2.45) is 0 Å². The van der Waals surface area contributed by atoms with Gasteiger partial charge in [-0.1, -0.05) is 0 Å². The van der Waals surface area contributed by atoms with Crippen LogP contribution in [0.5, 0.6) is 0 Å². The predicted molar refractivity (Wildman–Crippen MR) is 26.0 cm³/mol. The highest BCUT2D eigenvalue weighted by Gasteiger charge is 1.87. The number of nitriles is 1. The van der Waals surface area contributed by atoms with Gasteiger partial charge in [0.15, 0.2) is 0 Å². The number of ether oxygens (including phenoxy) is 1. The summed E-state index contributed by atoms with van der Waals surface area (Å²) in [5.74, 6) is 0. The number of hydrogen-bond acceptors (Lipinski definition) is 3. The van der Waals surface area contributed by atoms with Crippen molar-refractivity contribution in [3.8, 4) is 6.26 Å². The summed E-state index contributed by atoms with van der Waals surface area (Å²) in [7, 11) is 0. The van der Waals surface area contributed by atoms with Gasteiger partial charge >= 0.3 is 6.16 Å². The molecule has 0 fully saturated rings. The van der Waals surface area contributed by atoms with E-state index in [0.29, 0.717) is 0 Å². The van der Waals surface area contributed by atoms with E-state index in [1.54, 1.807) is 0 Å². The molecule has 0 aliphatic carbocycles. The smallest absolute Gasteiger partial charge is 0.449 e. The maximum Gasteiger partial charge on any atom is 0.521 e. The summed E-state index contributed by atoms with van der Waals surface area (Å²) in [4.78, 5) is 9.15. The van der Waals surface area contributed by atoms with E-state index < -0.39 is 6.16 Å². The van der Waals surface area contributed by atoms with Gasteiger partial charge < -0.3 is 9.84 Å². The molecule has 0 heterocycles. The van der Waals surface area contributed by atoms with E-state index in [1.807, 2.05) is 0 Å². The number of nitrogens with zero attached hydrogens (tertiary/aromatic N) is 1. The lowest BCUT2D eigenvalue weighted by Gasteiger charge is -1.73. The summed E-state index contributed by atoms with van der Waals surface area (Å²) in [5, 5.41) is 14.9. The van der Waals surface area contributed by atoms with Crippen LogP contribution in [0.15, 0.2) is 13.2 Å². The summed E-state index contributed by atoms with van der Waals surface area (Å²) >= 11 is 0. The standard InChI is InChI=1S/C2HNO3.C2H4/c3-1-6-2(4)5;1-2/h(H,4,5);1-2H2. The van der Waals surface area contributed by atoms with Crippen LogP contribution >= 0.6 is 0 Å². The predicted octanol–water partition coefficient (Wildman–Crippen LogP) is 0.964. The second-order valence-corrected chi connectivity index (χ2v) is 0.459. The van der Waals surface area contributed by atoms with E-state index >= 15 is 0 Å². The van der Waals surface area contributed by atoms with E-state index in [1.165, 1.54) is 0 Å². The monoisotopic (exact) mass is 115 g/mol. The SMILES string of the molecule is C=C.N#COC(=O)O. The van der Waals surface area contributed by atoms with Gasteiger partial charge in [0.05, 0.1) is 0 Å². The molecule has 0 bridgehead atoms. The summed E-state index contributed by atoms with van der Waals surface area (Å²) in [6, 6.07) is 0. The first kappa shape index (κ1) is 9.71. The van der Waals surface area contributed by atoms with Crippen LogP contribution in [-0.4, -0.2) is 11.3 Å². The van der Waals surface area contributed by atoms with Crippen molar-refractivity contribution >= 4 is 6.16 Å². The first-order valence-corrected chi connectivity index (χ1v) is 1.56. The molecule has 0 aromatic rings. The van der Waals surface area contributed by atoms with Crippen LogP contribution in [0.4, 0.5) is 4.79 Å². The Balaban J connectivity index is 0.